The zero-order valence-electron chi connectivity index (χ0n) is 9.19. The highest BCUT2D eigenvalue weighted by Crippen LogP contribution is 2.16. The molecule has 1 aromatic rings. The molecule has 0 spiro atoms. The lowest BCUT2D eigenvalue weighted by Crippen LogP contribution is -2.16. The Kier molecular flexibility index (Phi) is 4.54. The van der Waals surface area contributed by atoms with Gasteiger partial charge in [-0.25, -0.2) is 4.98 Å². The molecule has 0 bridgehead atoms. The molecule has 5 nitrogen and oxygen atoms in total. The summed E-state index contributed by atoms with van der Waals surface area (Å²) >= 11 is 1.46. The van der Waals surface area contributed by atoms with Crippen LogP contribution in [0.3, 0.4) is 0 Å². The van der Waals surface area contributed by atoms with Crippen LogP contribution in [0.2, 0.25) is 0 Å². The van der Waals surface area contributed by atoms with Crippen LogP contribution in [0.5, 0.6) is 0 Å². The lowest BCUT2D eigenvalue weighted by atomic mass is 10.2. The molecule has 0 amide bonds. The smallest absolute Gasteiger partial charge is 0.303 e. The SMILES string of the molecule is CC(C)Sc1ncc(CCC(=O)O)c(=O)[nH]1. The Bertz CT molecular complexity index is 428. The van der Waals surface area contributed by atoms with Crippen LogP contribution >= 0.6 is 11.8 Å². The van der Waals surface area contributed by atoms with Gasteiger partial charge < -0.3 is 10.1 Å². The van der Waals surface area contributed by atoms with Gasteiger partial charge in [-0.3, -0.25) is 9.59 Å². The number of aromatic nitrogens is 2. The Morgan fingerprint density at radius 1 is 1.62 bits per heavy atom. The first-order valence-electron chi connectivity index (χ1n) is 4.95. The van der Waals surface area contributed by atoms with Crippen LogP contribution in [0.1, 0.15) is 25.8 Å². The number of hydrogen-bond donors (Lipinski definition) is 2. The number of rotatable bonds is 5. The van der Waals surface area contributed by atoms with Gasteiger partial charge in [-0.2, -0.15) is 0 Å². The minimum atomic E-state index is -0.917. The molecule has 0 saturated carbocycles. The van der Waals surface area contributed by atoms with Gasteiger partial charge in [-0.05, 0) is 6.42 Å². The number of aliphatic carboxylic acids is 1. The Labute approximate surface area is 97.3 Å². The van der Waals surface area contributed by atoms with Gasteiger partial charge in [0.15, 0.2) is 5.16 Å². The number of nitrogens with one attached hydrogen (secondary N) is 1. The topological polar surface area (TPSA) is 83.0 Å². The number of carboxylic acid groups (broad SMARTS) is 1. The lowest BCUT2D eigenvalue weighted by molar-refractivity contribution is -0.136. The molecule has 0 aliphatic rings. The molecule has 0 saturated heterocycles. The fourth-order valence-corrected chi connectivity index (χ4v) is 1.82. The first kappa shape index (κ1) is 12.8. The second-order valence-electron chi connectivity index (χ2n) is 3.60. The maximum atomic E-state index is 11.5. The molecule has 6 heteroatoms. The van der Waals surface area contributed by atoms with Crippen LogP contribution in [0.4, 0.5) is 0 Å². The van der Waals surface area contributed by atoms with Crippen molar-refractivity contribution >= 4 is 17.7 Å². The van der Waals surface area contributed by atoms with Gasteiger partial charge >= 0.3 is 5.97 Å². The van der Waals surface area contributed by atoms with Crippen molar-refractivity contribution in [3.63, 3.8) is 0 Å². The van der Waals surface area contributed by atoms with Crippen molar-refractivity contribution in [3.8, 4) is 0 Å². The monoisotopic (exact) mass is 242 g/mol. The van der Waals surface area contributed by atoms with E-state index in [0.29, 0.717) is 16.0 Å². The standard InChI is InChI=1S/C10H14N2O3S/c1-6(2)16-10-11-5-7(9(15)12-10)3-4-8(13)14/h5-6H,3-4H2,1-2H3,(H,13,14)(H,11,12,15). The molecule has 0 aliphatic heterocycles. The molecular weight excluding hydrogens is 228 g/mol. The van der Waals surface area contributed by atoms with Crippen LogP contribution in [0, 0.1) is 0 Å². The number of H-pyrrole nitrogens is 1. The normalized spacial score (nSPS) is 10.7. The minimum absolute atomic E-state index is 0.0541. The zero-order valence-corrected chi connectivity index (χ0v) is 10.0. The van der Waals surface area contributed by atoms with E-state index < -0.39 is 5.97 Å². The van der Waals surface area contributed by atoms with Gasteiger partial charge in [-0.15, -0.1) is 0 Å². The Hall–Kier alpha value is -1.30. The van der Waals surface area contributed by atoms with Crippen LogP contribution < -0.4 is 5.56 Å². The van der Waals surface area contributed by atoms with Gasteiger partial charge in [0.25, 0.3) is 5.56 Å². The van der Waals surface area contributed by atoms with Gasteiger partial charge in [0.1, 0.15) is 0 Å². The fourth-order valence-electron chi connectivity index (χ4n) is 1.11. The summed E-state index contributed by atoms with van der Waals surface area (Å²) in [4.78, 5) is 28.6. The third-order valence-corrected chi connectivity index (χ3v) is 2.71. The molecule has 2 N–H and O–H groups in total. The van der Waals surface area contributed by atoms with Crippen molar-refractivity contribution in [1.82, 2.24) is 9.97 Å². The molecule has 0 unspecified atom stereocenters. The summed E-state index contributed by atoms with van der Waals surface area (Å²) in [6, 6.07) is 0. The first-order chi connectivity index (χ1) is 7.49. The lowest BCUT2D eigenvalue weighted by Gasteiger charge is -2.04. The summed E-state index contributed by atoms with van der Waals surface area (Å²) in [6.07, 6.45) is 1.61. The molecule has 0 aliphatic carbocycles. The molecule has 0 fully saturated rings. The summed E-state index contributed by atoms with van der Waals surface area (Å²) in [5.74, 6) is -0.917. The van der Waals surface area contributed by atoms with Crippen molar-refractivity contribution in [2.24, 2.45) is 0 Å². The van der Waals surface area contributed by atoms with Crippen LogP contribution in [-0.4, -0.2) is 26.3 Å². The molecule has 1 heterocycles. The summed E-state index contributed by atoms with van der Waals surface area (Å²) < 4.78 is 0. The van der Waals surface area contributed by atoms with Gasteiger partial charge in [-0.1, -0.05) is 25.6 Å². The van der Waals surface area contributed by atoms with E-state index in [-0.39, 0.29) is 18.4 Å². The Morgan fingerprint density at radius 2 is 2.31 bits per heavy atom. The largest absolute Gasteiger partial charge is 0.481 e. The van der Waals surface area contributed by atoms with E-state index in [1.54, 1.807) is 0 Å². The second kappa shape index (κ2) is 5.69. The third-order valence-electron chi connectivity index (χ3n) is 1.81. The molecule has 0 aromatic carbocycles. The molecule has 16 heavy (non-hydrogen) atoms. The summed E-state index contributed by atoms with van der Waals surface area (Å²) in [6.45, 7) is 4.01. The van der Waals surface area contributed by atoms with E-state index in [2.05, 4.69) is 9.97 Å². The third kappa shape index (κ3) is 4.06. The van der Waals surface area contributed by atoms with Crippen molar-refractivity contribution < 1.29 is 9.90 Å². The Morgan fingerprint density at radius 3 is 2.81 bits per heavy atom. The summed E-state index contributed by atoms with van der Waals surface area (Å²) in [7, 11) is 0. The summed E-state index contributed by atoms with van der Waals surface area (Å²) in [5.41, 5.74) is 0.162. The van der Waals surface area contributed by atoms with E-state index in [4.69, 9.17) is 5.11 Å². The molecule has 1 aromatic heterocycles. The average molecular weight is 242 g/mol. The van der Waals surface area contributed by atoms with E-state index in [0.717, 1.165) is 0 Å². The predicted octanol–water partition coefficient (Wildman–Crippen LogP) is 1.29. The second-order valence-corrected chi connectivity index (χ2v) is 5.17. The summed E-state index contributed by atoms with van der Waals surface area (Å²) in [5, 5.41) is 9.41. The number of thioether (sulfide) groups is 1. The Balaban J connectivity index is 2.75. The molecule has 88 valence electrons. The highest BCUT2D eigenvalue weighted by atomic mass is 32.2. The molecule has 1 rings (SSSR count). The quantitative estimate of drug-likeness (QED) is 0.600. The highest BCUT2D eigenvalue weighted by Gasteiger charge is 2.06. The zero-order chi connectivity index (χ0) is 12.1. The highest BCUT2D eigenvalue weighted by molar-refractivity contribution is 7.99. The fraction of sp³-hybridized carbons (Fsp3) is 0.500. The van der Waals surface area contributed by atoms with E-state index in [1.807, 2.05) is 13.8 Å². The van der Waals surface area contributed by atoms with Crippen molar-refractivity contribution in [2.45, 2.75) is 37.1 Å². The van der Waals surface area contributed by atoms with E-state index in [1.165, 1.54) is 18.0 Å². The van der Waals surface area contributed by atoms with Crippen LogP contribution in [-0.2, 0) is 11.2 Å². The number of aryl methyl sites for hydroxylation is 1. The van der Waals surface area contributed by atoms with Crippen LogP contribution in [0.15, 0.2) is 16.1 Å². The van der Waals surface area contributed by atoms with Crippen molar-refractivity contribution in [3.05, 3.63) is 22.1 Å². The molecule has 0 radical (unpaired) electrons. The van der Waals surface area contributed by atoms with Crippen molar-refractivity contribution in [1.29, 1.82) is 0 Å². The van der Waals surface area contributed by atoms with Crippen molar-refractivity contribution in [2.75, 3.05) is 0 Å². The molecule has 0 atom stereocenters. The average Bonchev–Trinajstić information content (AvgIpc) is 2.15. The predicted molar refractivity (Wildman–Crippen MR) is 61.8 cm³/mol. The number of nitrogens with zero attached hydrogens (tertiary/aromatic N) is 1. The number of carbonyl (C=O) groups is 1. The van der Waals surface area contributed by atoms with Gasteiger partial charge in [0, 0.05) is 23.4 Å². The van der Waals surface area contributed by atoms with Gasteiger partial charge in [0.05, 0.1) is 0 Å². The maximum absolute atomic E-state index is 11.5. The number of aromatic amines is 1. The maximum Gasteiger partial charge on any atom is 0.303 e. The van der Waals surface area contributed by atoms with E-state index in [9.17, 15) is 9.59 Å². The first-order valence-corrected chi connectivity index (χ1v) is 5.83. The van der Waals surface area contributed by atoms with Crippen LogP contribution in [0.25, 0.3) is 0 Å². The van der Waals surface area contributed by atoms with Gasteiger partial charge in [0.2, 0.25) is 0 Å². The number of hydrogen-bond acceptors (Lipinski definition) is 4. The van der Waals surface area contributed by atoms with E-state index >= 15 is 0 Å². The minimum Gasteiger partial charge on any atom is -0.481 e. The molecular formula is C10H14N2O3S. The number of carboxylic acids is 1.